The first-order valence-electron chi connectivity index (χ1n) is 15.2. The summed E-state index contributed by atoms with van der Waals surface area (Å²) in [5.74, 6) is 1.29. The lowest BCUT2D eigenvalue weighted by Gasteiger charge is -2.29. The highest BCUT2D eigenvalue weighted by Crippen LogP contribution is 2.26. The molecule has 1 unspecified atom stereocenters. The molecular weight excluding hydrogens is 532 g/mol. The molecule has 234 valence electrons. The predicted molar refractivity (Wildman–Crippen MR) is 168 cm³/mol. The lowest BCUT2D eigenvalue weighted by molar-refractivity contribution is -0.124. The summed E-state index contributed by atoms with van der Waals surface area (Å²) in [6.45, 7) is 3.92. The summed E-state index contributed by atoms with van der Waals surface area (Å²) in [4.78, 5) is 32.5. The van der Waals surface area contributed by atoms with Gasteiger partial charge >= 0.3 is 0 Å². The van der Waals surface area contributed by atoms with Crippen LogP contribution in [0.5, 0.6) is 5.75 Å². The van der Waals surface area contributed by atoms with Crippen molar-refractivity contribution in [3.63, 3.8) is 0 Å². The largest absolute Gasteiger partial charge is 0.492 e. The number of nitrogens with one attached hydrogen (secondary N) is 3. The topological polar surface area (TPSA) is 143 Å². The van der Waals surface area contributed by atoms with Crippen molar-refractivity contribution < 1.29 is 24.2 Å². The lowest BCUT2D eigenvalue weighted by Crippen LogP contribution is -2.49. The molecule has 6 N–H and O–H groups in total. The Morgan fingerprint density at radius 1 is 1.02 bits per heavy atom. The van der Waals surface area contributed by atoms with Crippen molar-refractivity contribution in [2.24, 2.45) is 11.7 Å². The minimum atomic E-state index is -0.154. The number of aliphatic hydroxyl groups excluding tert-OH is 1. The molecule has 0 aromatic heterocycles. The van der Waals surface area contributed by atoms with Gasteiger partial charge in [0.25, 0.3) is 0 Å². The summed E-state index contributed by atoms with van der Waals surface area (Å²) in [5.41, 5.74) is 6.69. The number of hydrogen-bond donors (Lipinski definition) is 5. The van der Waals surface area contributed by atoms with Gasteiger partial charge in [0.1, 0.15) is 12.4 Å². The molecule has 2 aromatic carbocycles. The number of likely N-dealkylation sites (N-methyl/N-ethyl adjacent to an activating group) is 1. The summed E-state index contributed by atoms with van der Waals surface area (Å²) in [6.07, 6.45) is 9.76. The van der Waals surface area contributed by atoms with Crippen molar-refractivity contribution in [3.05, 3.63) is 65.7 Å². The Bertz CT molecular complexity index is 983. The fourth-order valence-electron chi connectivity index (χ4n) is 4.87. The molecule has 2 aromatic rings. The molecule has 0 saturated heterocycles. The smallest absolute Gasteiger partial charge is 0.237 e. The summed E-state index contributed by atoms with van der Waals surface area (Å²) < 4.78 is 6.01. The standard InChI is InChI=1S/C24H39N3O4.C8H10.CH3NO/c1-25-24(30)23(20-10-3-2-4-11-20)27-16-18-31-21-13-6-5-9-19(21)12-7-15-26-22(29)14-8-17-28;1-2-8-6-4-3-5-7-8;2-1-3/h5-6,9,13,20,23,27-28H,2-4,7-8,10-12,14-18H2,1H3,(H,25,30)(H,26,29);3-7H,2H2,1H3;1H,(H2,2,3). The maximum Gasteiger partial charge on any atom is 0.237 e. The zero-order valence-corrected chi connectivity index (χ0v) is 25.5. The Balaban J connectivity index is 0.000000671. The van der Waals surface area contributed by atoms with Gasteiger partial charge in [0, 0.05) is 33.2 Å². The minimum Gasteiger partial charge on any atom is -0.492 e. The van der Waals surface area contributed by atoms with Crippen LogP contribution in [0.4, 0.5) is 0 Å². The monoisotopic (exact) mass is 584 g/mol. The third kappa shape index (κ3) is 16.1. The number of ether oxygens (including phenoxy) is 1. The van der Waals surface area contributed by atoms with E-state index in [-0.39, 0.29) is 30.9 Å². The van der Waals surface area contributed by atoms with Crippen LogP contribution in [0.2, 0.25) is 0 Å². The molecule has 0 aliphatic heterocycles. The number of primary amides is 1. The van der Waals surface area contributed by atoms with Gasteiger partial charge in [0.05, 0.1) is 6.04 Å². The van der Waals surface area contributed by atoms with Gasteiger partial charge < -0.3 is 31.5 Å². The Kier molecular flexibility index (Phi) is 21.1. The quantitative estimate of drug-likeness (QED) is 0.160. The average molecular weight is 585 g/mol. The van der Waals surface area contributed by atoms with Crippen molar-refractivity contribution in [2.75, 3.05) is 33.4 Å². The molecule has 42 heavy (non-hydrogen) atoms. The first kappa shape index (κ1) is 36.6. The number of carbonyl (C=O) groups excluding carboxylic acids is 3. The molecule has 3 rings (SSSR count). The van der Waals surface area contributed by atoms with E-state index in [9.17, 15) is 9.59 Å². The zero-order chi connectivity index (χ0) is 30.8. The van der Waals surface area contributed by atoms with E-state index in [0.29, 0.717) is 38.5 Å². The van der Waals surface area contributed by atoms with Crippen LogP contribution in [0.25, 0.3) is 0 Å². The highest BCUT2D eigenvalue weighted by atomic mass is 16.5. The average Bonchev–Trinajstić information content (AvgIpc) is 3.03. The molecule has 1 aliphatic rings. The number of aliphatic hydroxyl groups is 1. The Labute approximate surface area is 252 Å². The van der Waals surface area contributed by atoms with Crippen LogP contribution in [0.3, 0.4) is 0 Å². The number of nitrogens with two attached hydrogens (primary N) is 1. The van der Waals surface area contributed by atoms with Gasteiger partial charge in [-0.2, -0.15) is 0 Å². The fraction of sp³-hybridized carbons (Fsp3) is 0.545. The molecule has 0 heterocycles. The van der Waals surface area contributed by atoms with E-state index in [1.54, 1.807) is 7.05 Å². The zero-order valence-electron chi connectivity index (χ0n) is 25.5. The molecule has 1 saturated carbocycles. The van der Waals surface area contributed by atoms with Gasteiger partial charge in [-0.1, -0.05) is 74.7 Å². The molecule has 0 radical (unpaired) electrons. The van der Waals surface area contributed by atoms with Gasteiger partial charge in [0.15, 0.2) is 0 Å². The number of carbonyl (C=O) groups is 3. The molecule has 9 nitrogen and oxygen atoms in total. The van der Waals surface area contributed by atoms with Crippen LogP contribution in [0, 0.1) is 5.92 Å². The van der Waals surface area contributed by atoms with Crippen LogP contribution < -0.4 is 26.4 Å². The minimum absolute atomic E-state index is 0.0201. The number of amides is 3. The third-order valence-electron chi connectivity index (χ3n) is 7.10. The van der Waals surface area contributed by atoms with Gasteiger partial charge in [-0.15, -0.1) is 0 Å². The summed E-state index contributed by atoms with van der Waals surface area (Å²) in [6, 6.07) is 18.3. The lowest BCUT2D eigenvalue weighted by atomic mass is 9.83. The second kappa shape index (κ2) is 24.2. The SMILES string of the molecule is CCc1ccccc1.CNC(=O)C(NCCOc1ccccc1CCCNC(=O)CCCO)C1CCCCC1.NC=O. The second-order valence-electron chi connectivity index (χ2n) is 10.2. The Morgan fingerprint density at radius 3 is 2.31 bits per heavy atom. The van der Waals surface area contributed by atoms with E-state index in [0.717, 1.165) is 43.4 Å². The van der Waals surface area contributed by atoms with Crippen LogP contribution in [-0.2, 0) is 27.2 Å². The van der Waals surface area contributed by atoms with Gasteiger partial charge in [0.2, 0.25) is 18.2 Å². The molecule has 1 atom stereocenters. The molecule has 0 spiro atoms. The van der Waals surface area contributed by atoms with Crippen molar-refractivity contribution in [3.8, 4) is 5.75 Å². The highest BCUT2D eigenvalue weighted by Gasteiger charge is 2.28. The number of rotatable bonds is 15. The Hall–Kier alpha value is -3.43. The molecule has 3 amide bonds. The fourth-order valence-corrected chi connectivity index (χ4v) is 4.87. The van der Waals surface area contributed by atoms with Crippen LogP contribution in [0.1, 0.15) is 69.4 Å². The predicted octanol–water partition coefficient (Wildman–Crippen LogP) is 3.52. The maximum absolute atomic E-state index is 12.3. The van der Waals surface area contributed by atoms with Gasteiger partial charge in [-0.25, -0.2) is 0 Å². The van der Waals surface area contributed by atoms with Crippen molar-refractivity contribution in [1.29, 1.82) is 0 Å². The molecule has 1 aliphatic carbocycles. The number of hydrogen-bond acceptors (Lipinski definition) is 6. The van der Waals surface area contributed by atoms with Crippen molar-refractivity contribution in [2.45, 2.75) is 77.2 Å². The van der Waals surface area contributed by atoms with Gasteiger partial charge in [-0.3, -0.25) is 14.4 Å². The normalized spacial score (nSPS) is 13.3. The maximum atomic E-state index is 12.3. The number of benzene rings is 2. The Morgan fingerprint density at radius 2 is 1.69 bits per heavy atom. The third-order valence-corrected chi connectivity index (χ3v) is 7.10. The van der Waals surface area contributed by atoms with E-state index in [4.69, 9.17) is 14.6 Å². The molecule has 1 fully saturated rings. The van der Waals surface area contributed by atoms with Crippen molar-refractivity contribution >= 4 is 18.2 Å². The summed E-state index contributed by atoms with van der Waals surface area (Å²) >= 11 is 0. The van der Waals surface area contributed by atoms with Gasteiger partial charge in [-0.05, 0) is 61.6 Å². The summed E-state index contributed by atoms with van der Waals surface area (Å²) in [5, 5.41) is 17.9. The molecule has 0 bridgehead atoms. The number of para-hydroxylation sites is 1. The molecular formula is C33H52N4O5. The van der Waals surface area contributed by atoms with Crippen molar-refractivity contribution in [1.82, 2.24) is 16.0 Å². The molecule has 9 heteroatoms. The van der Waals surface area contributed by atoms with E-state index < -0.39 is 0 Å². The summed E-state index contributed by atoms with van der Waals surface area (Å²) in [7, 11) is 1.70. The van der Waals surface area contributed by atoms with E-state index in [1.165, 1.54) is 24.8 Å². The van der Waals surface area contributed by atoms with Crippen LogP contribution >= 0.6 is 0 Å². The first-order valence-corrected chi connectivity index (χ1v) is 15.2. The number of aryl methyl sites for hydroxylation is 2. The first-order chi connectivity index (χ1) is 20.5. The second-order valence-corrected chi connectivity index (χ2v) is 10.2. The van der Waals surface area contributed by atoms with E-state index in [2.05, 4.69) is 52.9 Å². The van der Waals surface area contributed by atoms with Crippen LogP contribution in [-0.4, -0.2) is 62.7 Å². The highest BCUT2D eigenvalue weighted by molar-refractivity contribution is 5.81. The van der Waals surface area contributed by atoms with E-state index in [1.807, 2.05) is 30.3 Å². The van der Waals surface area contributed by atoms with Crippen LogP contribution in [0.15, 0.2) is 54.6 Å². The van der Waals surface area contributed by atoms with E-state index >= 15 is 0 Å².